The zero-order valence-corrected chi connectivity index (χ0v) is 13.4. The predicted octanol–water partition coefficient (Wildman–Crippen LogP) is 6.44. The number of benzene rings is 2. The van der Waals surface area contributed by atoms with Crippen molar-refractivity contribution in [3.63, 3.8) is 0 Å². The number of hydrogen-bond donors (Lipinski definition) is 0. The van der Waals surface area contributed by atoms with Crippen molar-refractivity contribution in [1.82, 2.24) is 0 Å². The van der Waals surface area contributed by atoms with Gasteiger partial charge in [-0.2, -0.15) is 0 Å². The van der Waals surface area contributed by atoms with Crippen LogP contribution in [0.3, 0.4) is 0 Å². The lowest BCUT2D eigenvalue weighted by molar-refractivity contribution is 1.17. The molecule has 0 bridgehead atoms. The molecule has 2 rings (SSSR count). The molecule has 1 unspecified atom stereocenters. The summed E-state index contributed by atoms with van der Waals surface area (Å²) < 4.78 is 0. The first-order chi connectivity index (χ1) is 8.47. The second-order valence-electron chi connectivity index (χ2n) is 4.09. The van der Waals surface area contributed by atoms with E-state index in [4.69, 9.17) is 34.8 Å². The summed E-state index contributed by atoms with van der Waals surface area (Å²) in [6.45, 7) is 2.01. The van der Waals surface area contributed by atoms with Gasteiger partial charge in [-0.05, 0) is 53.9 Å². The summed E-state index contributed by atoms with van der Waals surface area (Å²) in [6.07, 6.45) is 0. The van der Waals surface area contributed by atoms with Crippen LogP contribution in [0.15, 0.2) is 36.4 Å². The molecule has 0 spiro atoms. The number of rotatable bonds is 2. The van der Waals surface area contributed by atoms with Crippen LogP contribution in [-0.2, 0) is 0 Å². The van der Waals surface area contributed by atoms with Crippen molar-refractivity contribution in [3.05, 3.63) is 68.2 Å². The summed E-state index contributed by atoms with van der Waals surface area (Å²) in [6, 6.07) is 11.3. The van der Waals surface area contributed by atoms with Crippen LogP contribution < -0.4 is 0 Å². The van der Waals surface area contributed by atoms with Crippen molar-refractivity contribution in [2.24, 2.45) is 0 Å². The summed E-state index contributed by atoms with van der Waals surface area (Å²) in [7, 11) is 0. The Balaban J connectivity index is 2.47. The van der Waals surface area contributed by atoms with Gasteiger partial charge in [0, 0.05) is 15.1 Å². The lowest BCUT2D eigenvalue weighted by atomic mass is 10.0. The average molecular weight is 364 g/mol. The first-order valence-electron chi connectivity index (χ1n) is 5.33. The zero-order chi connectivity index (χ0) is 13.3. The van der Waals surface area contributed by atoms with Crippen molar-refractivity contribution in [3.8, 4) is 0 Å². The highest BCUT2D eigenvalue weighted by Gasteiger charge is 2.15. The number of hydrogen-bond acceptors (Lipinski definition) is 0. The second-order valence-corrected chi connectivity index (χ2v) is 6.29. The molecule has 94 valence electrons. The van der Waals surface area contributed by atoms with E-state index < -0.39 is 0 Å². The second kappa shape index (κ2) is 5.83. The Bertz CT molecular complexity index is 561. The molecule has 0 aliphatic rings. The molecule has 0 N–H and O–H groups in total. The molecular formula is C14H10BrCl3. The maximum Gasteiger partial charge on any atom is 0.0660 e. The van der Waals surface area contributed by atoms with Crippen LogP contribution in [0.4, 0.5) is 0 Å². The topological polar surface area (TPSA) is 0 Å². The maximum absolute atomic E-state index is 6.20. The van der Waals surface area contributed by atoms with Gasteiger partial charge in [-0.1, -0.05) is 56.8 Å². The summed E-state index contributed by atoms with van der Waals surface area (Å²) in [5.41, 5.74) is 3.11. The van der Waals surface area contributed by atoms with E-state index in [1.54, 1.807) is 12.1 Å². The molecule has 0 saturated carbocycles. The maximum atomic E-state index is 6.20. The molecule has 0 aliphatic heterocycles. The van der Waals surface area contributed by atoms with Gasteiger partial charge in [0.15, 0.2) is 0 Å². The largest absolute Gasteiger partial charge is 0.0843 e. The van der Waals surface area contributed by atoms with Gasteiger partial charge in [0.1, 0.15) is 0 Å². The van der Waals surface area contributed by atoms with Gasteiger partial charge in [-0.15, -0.1) is 0 Å². The quantitative estimate of drug-likeness (QED) is 0.538. The van der Waals surface area contributed by atoms with Gasteiger partial charge in [0.25, 0.3) is 0 Å². The Labute approximate surface area is 130 Å². The number of halogens is 4. The van der Waals surface area contributed by atoms with E-state index >= 15 is 0 Å². The van der Waals surface area contributed by atoms with Crippen LogP contribution in [0.5, 0.6) is 0 Å². The molecule has 2 aromatic carbocycles. The lowest BCUT2D eigenvalue weighted by Crippen LogP contribution is -1.95. The van der Waals surface area contributed by atoms with Gasteiger partial charge >= 0.3 is 0 Å². The molecule has 0 saturated heterocycles. The minimum absolute atomic E-state index is 0.0268. The van der Waals surface area contributed by atoms with E-state index in [9.17, 15) is 0 Å². The molecule has 18 heavy (non-hydrogen) atoms. The molecule has 0 aromatic heterocycles. The molecule has 0 amide bonds. The Hall–Kier alpha value is -0.210. The zero-order valence-electron chi connectivity index (χ0n) is 9.55. The van der Waals surface area contributed by atoms with Crippen molar-refractivity contribution in [1.29, 1.82) is 0 Å². The van der Waals surface area contributed by atoms with E-state index in [1.807, 2.05) is 25.1 Å². The molecule has 1 atom stereocenters. The molecular weight excluding hydrogens is 354 g/mol. The number of alkyl halides is 1. The highest BCUT2D eigenvalue weighted by atomic mass is 79.9. The van der Waals surface area contributed by atoms with Crippen LogP contribution in [0, 0.1) is 6.92 Å². The fourth-order valence-electron chi connectivity index (χ4n) is 1.80. The molecule has 0 heterocycles. The van der Waals surface area contributed by atoms with E-state index in [0.29, 0.717) is 15.1 Å². The molecule has 0 fully saturated rings. The molecule has 2 aromatic rings. The third kappa shape index (κ3) is 3.21. The summed E-state index contributed by atoms with van der Waals surface area (Å²) in [5.74, 6) is 0. The fourth-order valence-corrected chi connectivity index (χ4v) is 3.28. The Morgan fingerprint density at radius 1 is 0.944 bits per heavy atom. The van der Waals surface area contributed by atoms with Crippen molar-refractivity contribution in [2.45, 2.75) is 11.8 Å². The first kappa shape index (κ1) is 14.2. The van der Waals surface area contributed by atoms with E-state index in [0.717, 1.165) is 16.7 Å². The van der Waals surface area contributed by atoms with Crippen molar-refractivity contribution < 1.29 is 0 Å². The molecule has 0 aliphatic carbocycles. The highest BCUT2D eigenvalue weighted by molar-refractivity contribution is 9.09. The normalized spacial score (nSPS) is 12.5. The predicted molar refractivity (Wildman–Crippen MR) is 83.4 cm³/mol. The van der Waals surface area contributed by atoms with Crippen LogP contribution in [-0.4, -0.2) is 0 Å². The smallest absolute Gasteiger partial charge is 0.0660 e. The highest BCUT2D eigenvalue weighted by Crippen LogP contribution is 2.37. The Kier molecular flexibility index (Phi) is 4.60. The van der Waals surface area contributed by atoms with Crippen LogP contribution in [0.2, 0.25) is 15.1 Å². The Morgan fingerprint density at radius 3 is 2.33 bits per heavy atom. The Morgan fingerprint density at radius 2 is 1.67 bits per heavy atom. The van der Waals surface area contributed by atoms with Crippen LogP contribution in [0.25, 0.3) is 0 Å². The monoisotopic (exact) mass is 362 g/mol. The van der Waals surface area contributed by atoms with E-state index in [2.05, 4.69) is 22.0 Å². The third-order valence-electron chi connectivity index (χ3n) is 2.59. The van der Waals surface area contributed by atoms with E-state index in [1.165, 1.54) is 0 Å². The van der Waals surface area contributed by atoms with Crippen LogP contribution >= 0.6 is 50.7 Å². The van der Waals surface area contributed by atoms with E-state index in [-0.39, 0.29) is 4.83 Å². The van der Waals surface area contributed by atoms with Gasteiger partial charge in [0.2, 0.25) is 0 Å². The SMILES string of the molecule is Cc1cc(Cl)cc(C(Br)c2cc(Cl)ccc2Cl)c1. The molecule has 0 nitrogen and oxygen atoms in total. The lowest BCUT2D eigenvalue weighted by Gasteiger charge is -2.14. The van der Waals surface area contributed by atoms with Crippen molar-refractivity contribution in [2.75, 3.05) is 0 Å². The molecule has 0 radical (unpaired) electrons. The van der Waals surface area contributed by atoms with Gasteiger partial charge in [-0.3, -0.25) is 0 Å². The number of aryl methyl sites for hydroxylation is 1. The van der Waals surface area contributed by atoms with Gasteiger partial charge in [-0.25, -0.2) is 0 Å². The van der Waals surface area contributed by atoms with Crippen LogP contribution in [0.1, 0.15) is 21.5 Å². The summed E-state index contributed by atoms with van der Waals surface area (Å²) in [4.78, 5) is -0.0268. The fraction of sp³-hybridized carbons (Fsp3) is 0.143. The van der Waals surface area contributed by atoms with Gasteiger partial charge < -0.3 is 0 Å². The average Bonchev–Trinajstić information content (AvgIpc) is 2.30. The minimum atomic E-state index is -0.0268. The standard InChI is InChI=1S/C14H10BrCl3/c1-8-4-9(6-11(17)5-8)14(15)12-7-10(16)2-3-13(12)18/h2-7,14H,1H3. The van der Waals surface area contributed by atoms with Gasteiger partial charge in [0.05, 0.1) is 4.83 Å². The third-order valence-corrected chi connectivity index (χ3v) is 4.41. The molecule has 4 heteroatoms. The summed E-state index contributed by atoms with van der Waals surface area (Å²) >= 11 is 21.9. The summed E-state index contributed by atoms with van der Waals surface area (Å²) in [5, 5.41) is 2.06. The van der Waals surface area contributed by atoms with Crippen molar-refractivity contribution >= 4 is 50.7 Å². The first-order valence-corrected chi connectivity index (χ1v) is 7.38. The minimum Gasteiger partial charge on any atom is -0.0843 e.